The van der Waals surface area contributed by atoms with Gasteiger partial charge in [0.15, 0.2) is 0 Å². The van der Waals surface area contributed by atoms with Gasteiger partial charge in [-0.2, -0.15) is 0 Å². The quantitative estimate of drug-likeness (QED) is 0.854. The summed E-state index contributed by atoms with van der Waals surface area (Å²) in [5.74, 6) is 0. The highest BCUT2D eigenvalue weighted by molar-refractivity contribution is 7.92. The predicted octanol–water partition coefficient (Wildman–Crippen LogP) is 3.34. The zero-order valence-electron chi connectivity index (χ0n) is 11.1. The molecule has 0 saturated heterocycles. The number of nitrogens with two attached hydrogens (primary N) is 1. The number of benzene rings is 2. The molecule has 0 aliphatic carbocycles. The summed E-state index contributed by atoms with van der Waals surface area (Å²) in [4.78, 5) is 0.0102. The van der Waals surface area contributed by atoms with Crippen molar-refractivity contribution in [2.45, 2.75) is 18.7 Å². The van der Waals surface area contributed by atoms with Crippen LogP contribution in [0.3, 0.4) is 0 Å². The van der Waals surface area contributed by atoms with Crippen LogP contribution >= 0.6 is 11.6 Å². The molecule has 0 saturated carbocycles. The summed E-state index contributed by atoms with van der Waals surface area (Å²) in [5.41, 5.74) is 8.25. The fourth-order valence-corrected chi connectivity index (χ4v) is 3.66. The molecular weight excluding hydrogens is 296 g/mol. The van der Waals surface area contributed by atoms with Crippen molar-refractivity contribution in [3.05, 3.63) is 52.5 Å². The Labute approximate surface area is 123 Å². The Morgan fingerprint density at radius 3 is 2.25 bits per heavy atom. The number of halogens is 1. The van der Waals surface area contributed by atoms with Crippen LogP contribution in [0.5, 0.6) is 0 Å². The molecule has 4 nitrogen and oxygen atoms in total. The molecule has 2 aromatic carbocycles. The highest BCUT2D eigenvalue weighted by Crippen LogP contribution is 2.28. The molecule has 0 aliphatic rings. The summed E-state index contributed by atoms with van der Waals surface area (Å²) < 4.78 is 27.4. The molecule has 0 aliphatic heterocycles. The van der Waals surface area contributed by atoms with Crippen LogP contribution in [-0.4, -0.2) is 8.42 Å². The number of nitrogens with one attached hydrogen (secondary N) is 1. The molecule has 0 unspecified atom stereocenters. The van der Waals surface area contributed by atoms with Gasteiger partial charge in [-0.15, -0.1) is 0 Å². The first-order valence-corrected chi connectivity index (χ1v) is 7.81. The maximum atomic E-state index is 12.4. The lowest BCUT2D eigenvalue weighted by Crippen LogP contribution is -2.15. The van der Waals surface area contributed by atoms with E-state index in [0.717, 1.165) is 11.1 Å². The average Bonchev–Trinajstić information content (AvgIpc) is 2.33. The van der Waals surface area contributed by atoms with Crippen LogP contribution in [0.15, 0.2) is 41.3 Å². The number of anilines is 2. The number of hydrogen-bond donors (Lipinski definition) is 2. The number of sulfonamides is 1. The van der Waals surface area contributed by atoms with E-state index >= 15 is 0 Å². The second kappa shape index (κ2) is 5.34. The van der Waals surface area contributed by atoms with Crippen molar-refractivity contribution >= 4 is 33.0 Å². The molecule has 2 rings (SSSR count). The third-order valence-electron chi connectivity index (χ3n) is 2.96. The summed E-state index contributed by atoms with van der Waals surface area (Å²) in [6.07, 6.45) is 0. The Hall–Kier alpha value is -1.72. The van der Waals surface area contributed by atoms with Gasteiger partial charge in [0, 0.05) is 5.69 Å². The van der Waals surface area contributed by atoms with Crippen LogP contribution in [-0.2, 0) is 10.0 Å². The first-order chi connectivity index (χ1) is 9.31. The normalized spacial score (nSPS) is 11.3. The molecular formula is C14H15ClN2O2S. The molecule has 0 atom stereocenters. The van der Waals surface area contributed by atoms with Crippen LogP contribution in [0.25, 0.3) is 0 Å². The third-order valence-corrected chi connectivity index (χ3v) is 4.80. The fraction of sp³-hybridized carbons (Fsp3) is 0.143. The van der Waals surface area contributed by atoms with Gasteiger partial charge >= 0.3 is 0 Å². The Kier molecular flexibility index (Phi) is 3.92. The summed E-state index contributed by atoms with van der Waals surface area (Å²) in [6.45, 7) is 3.69. The zero-order chi connectivity index (χ0) is 14.9. The highest BCUT2D eigenvalue weighted by atomic mass is 35.5. The molecule has 0 heterocycles. The summed E-state index contributed by atoms with van der Waals surface area (Å²) in [5, 5.41) is 0.101. The van der Waals surface area contributed by atoms with Gasteiger partial charge in [0.2, 0.25) is 0 Å². The van der Waals surface area contributed by atoms with Crippen LogP contribution in [0.1, 0.15) is 11.1 Å². The topological polar surface area (TPSA) is 72.2 Å². The van der Waals surface area contributed by atoms with Crippen molar-refractivity contribution in [1.82, 2.24) is 0 Å². The monoisotopic (exact) mass is 310 g/mol. The van der Waals surface area contributed by atoms with Gasteiger partial charge in [-0.1, -0.05) is 29.8 Å². The molecule has 0 bridgehead atoms. The van der Waals surface area contributed by atoms with E-state index in [4.69, 9.17) is 17.3 Å². The van der Waals surface area contributed by atoms with Crippen LogP contribution in [0.2, 0.25) is 5.02 Å². The minimum absolute atomic E-state index is 0.0102. The zero-order valence-corrected chi connectivity index (χ0v) is 12.7. The fourth-order valence-electron chi connectivity index (χ4n) is 1.90. The van der Waals surface area contributed by atoms with Gasteiger partial charge in [-0.25, -0.2) is 8.42 Å². The Balaban J connectivity index is 2.46. The Morgan fingerprint density at radius 1 is 1.10 bits per heavy atom. The summed E-state index contributed by atoms with van der Waals surface area (Å²) in [6, 6.07) is 9.88. The van der Waals surface area contributed by atoms with Crippen molar-refractivity contribution in [3.8, 4) is 0 Å². The molecule has 3 N–H and O–H groups in total. The van der Waals surface area contributed by atoms with Crippen LogP contribution in [0, 0.1) is 13.8 Å². The van der Waals surface area contributed by atoms with E-state index in [0.29, 0.717) is 11.4 Å². The van der Waals surface area contributed by atoms with Crippen molar-refractivity contribution in [2.75, 3.05) is 10.5 Å². The van der Waals surface area contributed by atoms with Gasteiger partial charge < -0.3 is 5.73 Å². The molecule has 106 valence electrons. The molecule has 0 spiro atoms. The van der Waals surface area contributed by atoms with E-state index in [2.05, 4.69) is 4.72 Å². The molecule has 6 heteroatoms. The number of aryl methyl sites for hydroxylation is 2. The van der Waals surface area contributed by atoms with Gasteiger partial charge in [-0.05, 0) is 43.2 Å². The number of rotatable bonds is 3. The molecule has 0 radical (unpaired) electrons. The maximum Gasteiger partial charge on any atom is 0.263 e. The van der Waals surface area contributed by atoms with Gasteiger partial charge in [0.05, 0.1) is 10.7 Å². The molecule has 2 aromatic rings. The number of hydrogen-bond acceptors (Lipinski definition) is 3. The summed E-state index contributed by atoms with van der Waals surface area (Å²) >= 11 is 5.96. The average molecular weight is 311 g/mol. The Bertz CT molecular complexity index is 738. The smallest absolute Gasteiger partial charge is 0.263 e. The number of nitrogen functional groups attached to an aromatic ring is 1. The van der Waals surface area contributed by atoms with Crippen LogP contribution in [0.4, 0.5) is 11.4 Å². The van der Waals surface area contributed by atoms with Crippen molar-refractivity contribution in [1.29, 1.82) is 0 Å². The third kappa shape index (κ3) is 2.89. The first-order valence-electron chi connectivity index (χ1n) is 5.95. The molecule has 0 fully saturated rings. The second-order valence-electron chi connectivity index (χ2n) is 4.56. The first kappa shape index (κ1) is 14.7. The van der Waals surface area contributed by atoms with Gasteiger partial charge in [0.25, 0.3) is 10.0 Å². The summed E-state index contributed by atoms with van der Waals surface area (Å²) in [7, 11) is -3.74. The van der Waals surface area contributed by atoms with Crippen molar-refractivity contribution in [3.63, 3.8) is 0 Å². The Morgan fingerprint density at radius 2 is 1.70 bits per heavy atom. The lowest BCUT2D eigenvalue weighted by atomic mass is 10.1. The number of para-hydroxylation sites is 1. The van der Waals surface area contributed by atoms with E-state index in [-0.39, 0.29) is 9.92 Å². The van der Waals surface area contributed by atoms with E-state index in [1.165, 1.54) is 18.2 Å². The largest absolute Gasteiger partial charge is 0.399 e. The standard InChI is InChI=1S/C14H15ClN2O2S/c1-9-4-3-5-10(2)14(9)17-20(18,19)13-7-6-11(16)8-12(13)15/h3-8,17H,16H2,1-2H3. The highest BCUT2D eigenvalue weighted by Gasteiger charge is 2.19. The lowest BCUT2D eigenvalue weighted by molar-refractivity contribution is 0.601. The second-order valence-corrected chi connectivity index (χ2v) is 6.62. The van der Waals surface area contributed by atoms with Crippen LogP contribution < -0.4 is 10.5 Å². The minimum Gasteiger partial charge on any atom is -0.399 e. The maximum absolute atomic E-state index is 12.4. The van der Waals surface area contributed by atoms with E-state index in [9.17, 15) is 8.42 Å². The molecule has 0 aromatic heterocycles. The van der Waals surface area contributed by atoms with E-state index in [1.807, 2.05) is 32.0 Å². The van der Waals surface area contributed by atoms with Crippen molar-refractivity contribution in [2.24, 2.45) is 0 Å². The van der Waals surface area contributed by atoms with E-state index in [1.54, 1.807) is 0 Å². The van der Waals surface area contributed by atoms with Gasteiger partial charge in [0.1, 0.15) is 4.90 Å². The van der Waals surface area contributed by atoms with E-state index < -0.39 is 10.0 Å². The molecule has 0 amide bonds. The lowest BCUT2D eigenvalue weighted by Gasteiger charge is -2.14. The van der Waals surface area contributed by atoms with Crippen molar-refractivity contribution < 1.29 is 8.42 Å². The van der Waals surface area contributed by atoms with Gasteiger partial charge in [-0.3, -0.25) is 4.72 Å². The SMILES string of the molecule is Cc1cccc(C)c1NS(=O)(=O)c1ccc(N)cc1Cl. The minimum atomic E-state index is -3.74. The molecule has 20 heavy (non-hydrogen) atoms. The predicted molar refractivity (Wildman–Crippen MR) is 82.6 cm³/mol.